The van der Waals surface area contributed by atoms with E-state index in [2.05, 4.69) is 51.9 Å². The van der Waals surface area contributed by atoms with Crippen LogP contribution in [0.5, 0.6) is 0 Å². The van der Waals surface area contributed by atoms with Crippen molar-refractivity contribution in [3.05, 3.63) is 0 Å². The number of unbranched alkanes of at least 4 members (excludes halogenated alkanes) is 2. The molecule has 0 aromatic carbocycles. The fraction of sp³-hybridized carbons (Fsp3) is 1.00. The summed E-state index contributed by atoms with van der Waals surface area (Å²) in [6.07, 6.45) is 6.80. The molecule has 0 amide bonds. The first-order chi connectivity index (χ1) is 8.92. The molecule has 0 aromatic heterocycles. The molecule has 1 rings (SSSR count). The van der Waals surface area contributed by atoms with E-state index in [1.807, 2.05) is 0 Å². The molecule has 0 aliphatic heterocycles. The van der Waals surface area contributed by atoms with Crippen LogP contribution in [0, 0.1) is 11.3 Å². The average molecular weight is 268 g/mol. The molecule has 0 radical (unpaired) electrons. The smallest absolute Gasteiger partial charge is 0.0156 e. The Kier molecular flexibility index (Phi) is 6.82. The highest BCUT2D eigenvalue weighted by molar-refractivity contribution is 4.96. The fourth-order valence-corrected chi connectivity index (χ4v) is 3.77. The highest BCUT2D eigenvalue weighted by Crippen LogP contribution is 2.41. The summed E-state index contributed by atoms with van der Waals surface area (Å²) in [4.78, 5) is 2.70. The van der Waals surface area contributed by atoms with E-state index >= 15 is 0 Å². The van der Waals surface area contributed by atoms with Crippen LogP contribution in [0.4, 0.5) is 0 Å². The molecular weight excluding hydrogens is 232 g/mol. The van der Waals surface area contributed by atoms with E-state index < -0.39 is 0 Å². The third-order valence-electron chi connectivity index (χ3n) is 5.03. The van der Waals surface area contributed by atoms with Gasteiger partial charge >= 0.3 is 0 Å². The first kappa shape index (κ1) is 17.0. The second-order valence-corrected chi connectivity index (χ2v) is 7.35. The number of rotatable bonds is 8. The summed E-state index contributed by atoms with van der Waals surface area (Å²) in [6, 6.07) is 1.36. The van der Waals surface area contributed by atoms with E-state index in [1.165, 1.54) is 45.2 Å². The summed E-state index contributed by atoms with van der Waals surface area (Å²) in [5.74, 6) is 0.823. The number of nitrogens with one attached hydrogen (secondary N) is 1. The van der Waals surface area contributed by atoms with E-state index in [1.54, 1.807) is 0 Å². The predicted molar refractivity (Wildman–Crippen MR) is 85.6 cm³/mol. The maximum atomic E-state index is 3.59. The van der Waals surface area contributed by atoms with Gasteiger partial charge < -0.3 is 10.2 Å². The average Bonchev–Trinajstić information content (AvgIpc) is 2.62. The Morgan fingerprint density at radius 3 is 2.47 bits per heavy atom. The Labute approximate surface area is 121 Å². The summed E-state index contributed by atoms with van der Waals surface area (Å²) in [6.45, 7) is 14.4. The molecule has 114 valence electrons. The minimum Gasteiger partial charge on any atom is -0.316 e. The van der Waals surface area contributed by atoms with Crippen LogP contribution < -0.4 is 5.32 Å². The molecule has 0 heterocycles. The van der Waals surface area contributed by atoms with Gasteiger partial charge in [-0.2, -0.15) is 0 Å². The quantitative estimate of drug-likeness (QED) is 0.671. The summed E-state index contributed by atoms with van der Waals surface area (Å²) in [5, 5.41) is 3.59. The highest BCUT2D eigenvalue weighted by atomic mass is 15.2. The molecular formula is C17H36N2. The van der Waals surface area contributed by atoms with Crippen molar-refractivity contribution in [2.45, 2.75) is 78.8 Å². The maximum absolute atomic E-state index is 3.59. The van der Waals surface area contributed by atoms with Gasteiger partial charge in [-0.3, -0.25) is 0 Å². The summed E-state index contributed by atoms with van der Waals surface area (Å²) < 4.78 is 0. The molecule has 1 N–H and O–H groups in total. The van der Waals surface area contributed by atoms with Crippen molar-refractivity contribution in [3.8, 4) is 0 Å². The van der Waals surface area contributed by atoms with Crippen LogP contribution >= 0.6 is 0 Å². The minimum atomic E-state index is 0.464. The topological polar surface area (TPSA) is 15.3 Å². The maximum Gasteiger partial charge on any atom is 0.0156 e. The zero-order valence-corrected chi connectivity index (χ0v) is 14.1. The van der Waals surface area contributed by atoms with Gasteiger partial charge in [-0.1, -0.05) is 33.6 Å². The lowest BCUT2D eigenvalue weighted by Gasteiger charge is -2.35. The summed E-state index contributed by atoms with van der Waals surface area (Å²) >= 11 is 0. The zero-order valence-electron chi connectivity index (χ0n) is 14.1. The van der Waals surface area contributed by atoms with Crippen LogP contribution in [0.25, 0.3) is 0 Å². The van der Waals surface area contributed by atoms with Gasteiger partial charge in [0.2, 0.25) is 0 Å². The molecule has 0 aromatic rings. The third-order valence-corrected chi connectivity index (χ3v) is 5.03. The van der Waals surface area contributed by atoms with E-state index in [0.29, 0.717) is 17.5 Å². The summed E-state index contributed by atoms with van der Waals surface area (Å²) in [5.41, 5.74) is 0.464. The molecule has 2 nitrogen and oxygen atoms in total. The van der Waals surface area contributed by atoms with Crippen LogP contribution in [0.15, 0.2) is 0 Å². The van der Waals surface area contributed by atoms with Crippen molar-refractivity contribution in [1.82, 2.24) is 10.2 Å². The van der Waals surface area contributed by atoms with E-state index in [0.717, 1.165) is 5.92 Å². The Morgan fingerprint density at radius 1 is 1.26 bits per heavy atom. The number of hydrogen-bond acceptors (Lipinski definition) is 2. The molecule has 2 atom stereocenters. The second kappa shape index (κ2) is 7.64. The zero-order chi connectivity index (χ0) is 14.5. The lowest BCUT2D eigenvalue weighted by atomic mass is 9.84. The van der Waals surface area contributed by atoms with Gasteiger partial charge in [0.1, 0.15) is 0 Å². The lowest BCUT2D eigenvalue weighted by Crippen LogP contribution is -2.45. The van der Waals surface area contributed by atoms with Gasteiger partial charge in [0, 0.05) is 18.6 Å². The standard InChI is InChI=1S/C17H36N2/c1-7-8-9-12-19(14(2)3)13-15-10-11-17(4,5)16(15)18-6/h14-16,18H,7-13H2,1-6H3. The van der Waals surface area contributed by atoms with Crippen LogP contribution in [-0.2, 0) is 0 Å². The molecule has 0 saturated heterocycles. The van der Waals surface area contributed by atoms with E-state index in [9.17, 15) is 0 Å². The SMILES string of the molecule is CCCCCN(CC1CCC(C)(C)C1NC)C(C)C. The van der Waals surface area contributed by atoms with Crippen LogP contribution in [0.3, 0.4) is 0 Å². The van der Waals surface area contributed by atoms with Crippen LogP contribution in [0.1, 0.15) is 66.7 Å². The van der Waals surface area contributed by atoms with Gasteiger partial charge in [0.15, 0.2) is 0 Å². The Hall–Kier alpha value is -0.0800. The number of hydrogen-bond donors (Lipinski definition) is 1. The molecule has 2 unspecified atom stereocenters. The first-order valence-corrected chi connectivity index (χ1v) is 8.33. The minimum absolute atomic E-state index is 0.464. The third kappa shape index (κ3) is 4.75. The Balaban J connectivity index is 2.54. The van der Waals surface area contributed by atoms with E-state index in [-0.39, 0.29) is 0 Å². The lowest BCUT2D eigenvalue weighted by molar-refractivity contribution is 0.157. The van der Waals surface area contributed by atoms with E-state index in [4.69, 9.17) is 0 Å². The van der Waals surface area contributed by atoms with Crippen molar-refractivity contribution in [3.63, 3.8) is 0 Å². The normalized spacial score (nSPS) is 26.5. The molecule has 1 fully saturated rings. The molecule has 0 spiro atoms. The van der Waals surface area contributed by atoms with Crippen molar-refractivity contribution in [1.29, 1.82) is 0 Å². The highest BCUT2D eigenvalue weighted by Gasteiger charge is 2.41. The molecule has 1 saturated carbocycles. The van der Waals surface area contributed by atoms with Crippen molar-refractivity contribution >= 4 is 0 Å². The molecule has 1 aliphatic carbocycles. The monoisotopic (exact) mass is 268 g/mol. The van der Waals surface area contributed by atoms with Gasteiger partial charge in [0.25, 0.3) is 0 Å². The van der Waals surface area contributed by atoms with Gasteiger partial charge in [0.05, 0.1) is 0 Å². The second-order valence-electron chi connectivity index (χ2n) is 7.35. The summed E-state index contributed by atoms with van der Waals surface area (Å²) in [7, 11) is 2.14. The molecule has 2 heteroatoms. The van der Waals surface area contributed by atoms with Crippen molar-refractivity contribution < 1.29 is 0 Å². The number of nitrogens with zero attached hydrogens (tertiary/aromatic N) is 1. The van der Waals surface area contributed by atoms with Crippen LogP contribution in [0.2, 0.25) is 0 Å². The molecule has 19 heavy (non-hydrogen) atoms. The van der Waals surface area contributed by atoms with Crippen molar-refractivity contribution in [2.24, 2.45) is 11.3 Å². The first-order valence-electron chi connectivity index (χ1n) is 8.33. The van der Waals surface area contributed by atoms with Gasteiger partial charge in [-0.25, -0.2) is 0 Å². The van der Waals surface area contributed by atoms with Gasteiger partial charge in [-0.15, -0.1) is 0 Å². The van der Waals surface area contributed by atoms with Crippen LogP contribution in [-0.4, -0.2) is 37.1 Å². The predicted octanol–water partition coefficient (Wildman–Crippen LogP) is 3.91. The molecule has 1 aliphatic rings. The Bertz CT molecular complexity index is 248. The van der Waals surface area contributed by atoms with Crippen molar-refractivity contribution in [2.75, 3.05) is 20.1 Å². The largest absolute Gasteiger partial charge is 0.316 e. The Morgan fingerprint density at radius 2 is 1.95 bits per heavy atom. The fourth-order valence-electron chi connectivity index (χ4n) is 3.77. The molecule has 0 bridgehead atoms. The van der Waals surface area contributed by atoms with Gasteiger partial charge in [-0.05, 0) is 58.0 Å².